The summed E-state index contributed by atoms with van der Waals surface area (Å²) in [5.41, 5.74) is 9.69. The Labute approximate surface area is 123 Å². The third-order valence-corrected chi connectivity index (χ3v) is 3.34. The van der Waals surface area contributed by atoms with Crippen molar-refractivity contribution in [3.05, 3.63) is 64.5 Å². The number of hydrogen-bond donors (Lipinski definition) is 3. The molecule has 0 bridgehead atoms. The van der Waals surface area contributed by atoms with Crippen LogP contribution in [0.1, 0.15) is 22.3 Å². The van der Waals surface area contributed by atoms with Crippen molar-refractivity contribution in [2.75, 3.05) is 5.32 Å². The van der Waals surface area contributed by atoms with Gasteiger partial charge in [-0.3, -0.25) is 0 Å². The van der Waals surface area contributed by atoms with Crippen molar-refractivity contribution in [1.82, 2.24) is 0 Å². The van der Waals surface area contributed by atoms with Crippen molar-refractivity contribution in [1.29, 1.82) is 0 Å². The molecule has 0 saturated heterocycles. The van der Waals surface area contributed by atoms with E-state index < -0.39 is 0 Å². The maximum Gasteiger partial charge on any atom is 0.170 e. The van der Waals surface area contributed by atoms with E-state index in [1.807, 2.05) is 26.0 Å². The van der Waals surface area contributed by atoms with Crippen molar-refractivity contribution in [3.8, 4) is 0 Å². The van der Waals surface area contributed by atoms with E-state index in [1.165, 1.54) is 6.07 Å². The molecule has 2 aromatic carbocycles. The van der Waals surface area contributed by atoms with Crippen LogP contribution in [-0.2, 0) is 6.54 Å². The highest BCUT2D eigenvalue weighted by Gasteiger charge is 2.06. The lowest BCUT2D eigenvalue weighted by Crippen LogP contribution is -2.13. The first kappa shape index (κ1) is 14.8. The van der Waals surface area contributed by atoms with E-state index in [2.05, 4.69) is 10.5 Å². The van der Waals surface area contributed by atoms with E-state index in [1.54, 1.807) is 18.2 Å². The molecule has 2 rings (SSSR count). The van der Waals surface area contributed by atoms with Gasteiger partial charge in [-0.2, -0.15) is 0 Å². The Morgan fingerprint density at radius 1 is 1.24 bits per heavy atom. The molecule has 2 aromatic rings. The number of hydrogen-bond acceptors (Lipinski definition) is 3. The molecule has 0 radical (unpaired) electrons. The van der Waals surface area contributed by atoms with Gasteiger partial charge >= 0.3 is 0 Å². The summed E-state index contributed by atoms with van der Waals surface area (Å²) in [4.78, 5) is 0. The number of anilines is 1. The average molecular weight is 287 g/mol. The summed E-state index contributed by atoms with van der Waals surface area (Å²) < 4.78 is 13.7. The van der Waals surface area contributed by atoms with Gasteiger partial charge in [0.2, 0.25) is 0 Å². The van der Waals surface area contributed by atoms with Crippen molar-refractivity contribution in [2.45, 2.75) is 20.4 Å². The van der Waals surface area contributed by atoms with Crippen molar-refractivity contribution >= 4 is 11.5 Å². The number of amidine groups is 1. The lowest BCUT2D eigenvalue weighted by molar-refractivity contribution is 0.318. The lowest BCUT2D eigenvalue weighted by Gasteiger charge is -2.11. The largest absolute Gasteiger partial charge is 0.409 e. The molecule has 0 heterocycles. The highest BCUT2D eigenvalue weighted by atomic mass is 19.1. The predicted octanol–water partition coefficient (Wildman–Crippen LogP) is 3.15. The Bertz CT molecular complexity index is 683. The van der Waals surface area contributed by atoms with Crippen LogP contribution >= 0.6 is 0 Å². The number of oxime groups is 1. The van der Waals surface area contributed by atoms with Gasteiger partial charge in [0.05, 0.1) is 5.69 Å². The Hall–Kier alpha value is -2.56. The van der Waals surface area contributed by atoms with Crippen molar-refractivity contribution in [2.24, 2.45) is 10.9 Å². The lowest BCUT2D eigenvalue weighted by atomic mass is 10.0. The first-order chi connectivity index (χ1) is 10.0. The first-order valence-corrected chi connectivity index (χ1v) is 6.58. The van der Waals surface area contributed by atoms with Crippen LogP contribution in [0, 0.1) is 19.7 Å². The fourth-order valence-electron chi connectivity index (χ4n) is 2.08. The van der Waals surface area contributed by atoms with Crippen molar-refractivity contribution < 1.29 is 9.60 Å². The Balaban J connectivity index is 2.15. The molecular weight excluding hydrogens is 269 g/mol. The summed E-state index contributed by atoms with van der Waals surface area (Å²) in [6.07, 6.45) is 0. The van der Waals surface area contributed by atoms with Crippen LogP contribution in [-0.4, -0.2) is 11.0 Å². The molecule has 0 aliphatic heterocycles. The van der Waals surface area contributed by atoms with Gasteiger partial charge in [-0.15, -0.1) is 0 Å². The van der Waals surface area contributed by atoms with Crippen LogP contribution in [0.25, 0.3) is 0 Å². The zero-order chi connectivity index (χ0) is 15.4. The number of benzene rings is 2. The van der Waals surface area contributed by atoms with E-state index in [0.29, 0.717) is 17.8 Å². The molecule has 0 spiro atoms. The maximum atomic E-state index is 13.7. The zero-order valence-electron chi connectivity index (χ0n) is 12.0. The monoisotopic (exact) mass is 287 g/mol. The number of nitrogens with two attached hydrogens (primary N) is 1. The normalized spacial score (nSPS) is 11.5. The van der Waals surface area contributed by atoms with Gasteiger partial charge in [0, 0.05) is 12.1 Å². The van der Waals surface area contributed by atoms with E-state index >= 15 is 0 Å². The van der Waals surface area contributed by atoms with Gasteiger partial charge in [0.1, 0.15) is 5.82 Å². The molecule has 0 aromatic heterocycles. The van der Waals surface area contributed by atoms with Crippen molar-refractivity contribution in [3.63, 3.8) is 0 Å². The minimum absolute atomic E-state index is 0.0716. The molecule has 0 saturated carbocycles. The molecule has 0 fully saturated rings. The molecule has 0 aliphatic carbocycles. The van der Waals surface area contributed by atoms with Crippen LogP contribution in [0.5, 0.6) is 0 Å². The highest BCUT2D eigenvalue weighted by Crippen LogP contribution is 2.18. The topological polar surface area (TPSA) is 70.6 Å². The summed E-state index contributed by atoms with van der Waals surface area (Å²) in [6, 6.07) is 10.4. The van der Waals surface area contributed by atoms with E-state index in [9.17, 15) is 4.39 Å². The Morgan fingerprint density at radius 2 is 2.00 bits per heavy atom. The average Bonchev–Trinajstić information content (AvgIpc) is 2.48. The molecule has 0 amide bonds. The molecule has 0 unspecified atom stereocenters. The van der Waals surface area contributed by atoms with Crippen LogP contribution < -0.4 is 11.1 Å². The zero-order valence-corrected chi connectivity index (χ0v) is 12.0. The number of nitrogens with one attached hydrogen (secondary N) is 1. The number of aryl methyl sites for hydroxylation is 2. The third kappa shape index (κ3) is 3.51. The number of halogens is 1. The maximum absolute atomic E-state index is 13.7. The fraction of sp³-hybridized carbons (Fsp3) is 0.188. The van der Waals surface area contributed by atoms with Crippen LogP contribution in [0.15, 0.2) is 41.6 Å². The minimum atomic E-state index is -0.272. The second-order valence-corrected chi connectivity index (χ2v) is 4.96. The molecule has 110 valence electrons. The summed E-state index contributed by atoms with van der Waals surface area (Å²) in [5.74, 6) is -0.200. The molecule has 4 nitrogen and oxygen atoms in total. The summed E-state index contributed by atoms with van der Waals surface area (Å²) in [6.45, 7) is 4.35. The van der Waals surface area contributed by atoms with Crippen LogP contribution in [0.3, 0.4) is 0 Å². The summed E-state index contributed by atoms with van der Waals surface area (Å²) in [7, 11) is 0. The van der Waals surface area contributed by atoms with Gasteiger partial charge in [-0.25, -0.2) is 4.39 Å². The Morgan fingerprint density at radius 3 is 2.67 bits per heavy atom. The van der Waals surface area contributed by atoms with Gasteiger partial charge in [-0.1, -0.05) is 23.4 Å². The standard InChI is InChI=1S/C16H18FN3O/c1-10-3-6-14(17)15(7-10)19-9-13-5-4-12(8-11(13)2)16(18)20-21/h3-8,19,21H,9H2,1-2H3,(H2,18,20). The minimum Gasteiger partial charge on any atom is -0.409 e. The van der Waals surface area contributed by atoms with Gasteiger partial charge in [-0.05, 0) is 48.7 Å². The van der Waals surface area contributed by atoms with Crippen LogP contribution in [0.4, 0.5) is 10.1 Å². The predicted molar refractivity (Wildman–Crippen MR) is 82.2 cm³/mol. The SMILES string of the molecule is Cc1ccc(F)c(NCc2ccc(/C(N)=N/O)cc2C)c1. The highest BCUT2D eigenvalue weighted by molar-refractivity contribution is 5.97. The smallest absolute Gasteiger partial charge is 0.170 e. The molecular formula is C16H18FN3O. The molecule has 0 aliphatic rings. The summed E-state index contributed by atoms with van der Waals surface area (Å²) >= 11 is 0. The number of rotatable bonds is 4. The first-order valence-electron chi connectivity index (χ1n) is 6.58. The molecule has 21 heavy (non-hydrogen) atoms. The van der Waals surface area contributed by atoms with E-state index in [-0.39, 0.29) is 11.7 Å². The van der Waals surface area contributed by atoms with Gasteiger partial charge < -0.3 is 16.3 Å². The molecule has 0 atom stereocenters. The second-order valence-electron chi connectivity index (χ2n) is 4.96. The number of nitrogens with zero attached hydrogens (tertiary/aromatic N) is 1. The quantitative estimate of drug-likeness (QED) is 0.350. The molecule has 4 N–H and O–H groups in total. The van der Waals surface area contributed by atoms with E-state index in [4.69, 9.17) is 10.9 Å². The fourth-order valence-corrected chi connectivity index (χ4v) is 2.08. The van der Waals surface area contributed by atoms with E-state index in [0.717, 1.165) is 16.7 Å². The van der Waals surface area contributed by atoms with Crippen LogP contribution in [0.2, 0.25) is 0 Å². The van der Waals surface area contributed by atoms with Gasteiger partial charge in [0.25, 0.3) is 0 Å². The Kier molecular flexibility index (Phi) is 4.42. The second kappa shape index (κ2) is 6.26. The van der Waals surface area contributed by atoms with Gasteiger partial charge in [0.15, 0.2) is 5.84 Å². The molecule has 5 heteroatoms. The summed E-state index contributed by atoms with van der Waals surface area (Å²) in [5, 5.41) is 14.7. The third-order valence-electron chi connectivity index (χ3n) is 3.34.